The molecule has 7 heteroatoms. The van der Waals surface area contributed by atoms with Crippen molar-refractivity contribution in [3.63, 3.8) is 0 Å². The van der Waals surface area contributed by atoms with Gasteiger partial charge in [-0.15, -0.1) is 0 Å². The van der Waals surface area contributed by atoms with Gasteiger partial charge in [0.25, 0.3) is 0 Å². The van der Waals surface area contributed by atoms with Crippen LogP contribution in [-0.2, 0) is 25.2 Å². The van der Waals surface area contributed by atoms with Gasteiger partial charge in [-0.3, -0.25) is 9.59 Å². The first kappa shape index (κ1) is 19.3. The zero-order valence-electron chi connectivity index (χ0n) is 16.5. The lowest BCUT2D eigenvalue weighted by atomic mass is 9.69. The fraction of sp³-hybridized carbons (Fsp3) is 0.684. The third-order valence-electron chi connectivity index (χ3n) is 5.81. The van der Waals surface area contributed by atoms with E-state index in [1.54, 1.807) is 0 Å². The Balaban J connectivity index is 1.93. The minimum Gasteiger partial charge on any atom is -0.376 e. The summed E-state index contributed by atoms with van der Waals surface area (Å²) < 4.78 is 11.4. The highest BCUT2D eigenvalue weighted by Gasteiger charge is 2.58. The average molecular weight is 379 g/mol. The topological polar surface area (TPSA) is 71.6 Å². The molecule has 0 radical (unpaired) electrons. The van der Waals surface area contributed by atoms with Crippen LogP contribution in [0.5, 0.6) is 0 Å². The molecule has 1 N–H and O–H groups in total. The molecule has 3 heterocycles. The maximum atomic E-state index is 13.4. The van der Waals surface area contributed by atoms with Crippen molar-refractivity contribution in [1.29, 1.82) is 0 Å². The van der Waals surface area contributed by atoms with Crippen molar-refractivity contribution in [1.82, 2.24) is 9.88 Å². The second-order valence-electron chi connectivity index (χ2n) is 8.90. The Morgan fingerprint density at radius 2 is 1.96 bits per heavy atom. The summed E-state index contributed by atoms with van der Waals surface area (Å²) in [7, 11) is -1.18. The fourth-order valence-electron chi connectivity index (χ4n) is 3.69. The molecule has 144 valence electrons. The van der Waals surface area contributed by atoms with Gasteiger partial charge in [-0.25, -0.2) is 0 Å². The van der Waals surface area contributed by atoms with E-state index >= 15 is 0 Å². The van der Waals surface area contributed by atoms with E-state index in [0.29, 0.717) is 26.2 Å². The third kappa shape index (κ3) is 3.06. The number of aromatic amines is 1. The molecule has 1 aromatic rings. The molecule has 0 saturated carbocycles. The first-order chi connectivity index (χ1) is 12.1. The number of hydrogen-bond acceptors (Lipinski definition) is 4. The van der Waals surface area contributed by atoms with Crippen LogP contribution in [0.25, 0.3) is 0 Å². The van der Waals surface area contributed by atoms with Crippen LogP contribution in [0, 0.1) is 0 Å². The van der Waals surface area contributed by atoms with Gasteiger partial charge in [0.05, 0.1) is 18.6 Å². The minimum absolute atomic E-state index is 0.00523. The molecule has 0 aliphatic carbocycles. The van der Waals surface area contributed by atoms with Crippen LogP contribution in [-0.4, -0.2) is 50.4 Å². The lowest BCUT2D eigenvalue weighted by molar-refractivity contribution is -0.197. The molecule has 1 amide bonds. The average Bonchev–Trinajstić information content (AvgIpc) is 2.53. The standard InChI is InChI=1S/C19H30N2O4Si/c1-6-18(2)16-14(7-8-15(22)20-16)19(11-25-12-19)21(17(18)23)13-24-9-10-26(3,4)5/h7-8H,6,9-13H2,1-5H3,(H,20,22). The van der Waals surface area contributed by atoms with E-state index in [9.17, 15) is 9.59 Å². The molecule has 1 saturated heterocycles. The zero-order chi connectivity index (χ0) is 19.2. The van der Waals surface area contributed by atoms with Crippen molar-refractivity contribution >= 4 is 14.0 Å². The quantitative estimate of drug-likeness (QED) is 0.610. The van der Waals surface area contributed by atoms with Gasteiger partial charge in [0.2, 0.25) is 11.5 Å². The van der Waals surface area contributed by atoms with Crippen LogP contribution in [0.1, 0.15) is 31.5 Å². The number of pyridine rings is 1. The van der Waals surface area contributed by atoms with Gasteiger partial charge in [0, 0.05) is 32.0 Å². The molecule has 1 atom stereocenters. The summed E-state index contributed by atoms with van der Waals surface area (Å²) >= 11 is 0. The monoisotopic (exact) mass is 378 g/mol. The van der Waals surface area contributed by atoms with Crippen molar-refractivity contribution in [3.05, 3.63) is 33.7 Å². The second-order valence-corrected chi connectivity index (χ2v) is 14.5. The molecular formula is C19H30N2O4Si. The first-order valence-corrected chi connectivity index (χ1v) is 13.1. The van der Waals surface area contributed by atoms with Crippen LogP contribution < -0.4 is 5.56 Å². The Morgan fingerprint density at radius 3 is 2.50 bits per heavy atom. The lowest BCUT2D eigenvalue weighted by Crippen LogP contribution is -2.68. The molecule has 0 bridgehead atoms. The van der Waals surface area contributed by atoms with Gasteiger partial charge < -0.3 is 19.4 Å². The first-order valence-electron chi connectivity index (χ1n) is 9.36. The Morgan fingerprint density at radius 1 is 1.27 bits per heavy atom. The number of amides is 1. The van der Waals surface area contributed by atoms with Crippen molar-refractivity contribution in [2.45, 2.75) is 56.9 Å². The van der Waals surface area contributed by atoms with Gasteiger partial charge >= 0.3 is 0 Å². The van der Waals surface area contributed by atoms with E-state index in [2.05, 4.69) is 24.6 Å². The normalized spacial score (nSPS) is 24.5. The summed E-state index contributed by atoms with van der Waals surface area (Å²) in [5.41, 5.74) is 0.273. The SMILES string of the molecule is CCC1(C)C(=O)N(COCC[Si](C)(C)C)C2(COC2)c2ccc(=O)[nH]c21. The number of hydrogen-bond donors (Lipinski definition) is 1. The zero-order valence-corrected chi connectivity index (χ0v) is 17.5. The number of rotatable bonds is 6. The van der Waals surface area contributed by atoms with Crippen LogP contribution in [0.4, 0.5) is 0 Å². The van der Waals surface area contributed by atoms with E-state index in [-0.39, 0.29) is 18.2 Å². The van der Waals surface area contributed by atoms with E-state index in [1.807, 2.05) is 24.8 Å². The maximum absolute atomic E-state index is 13.4. The minimum atomic E-state index is -1.18. The molecule has 1 fully saturated rings. The lowest BCUT2D eigenvalue weighted by Gasteiger charge is -2.56. The maximum Gasteiger partial charge on any atom is 0.248 e. The highest BCUT2D eigenvalue weighted by Crippen LogP contribution is 2.47. The summed E-state index contributed by atoms with van der Waals surface area (Å²) in [5.74, 6) is 0.00523. The van der Waals surface area contributed by atoms with Gasteiger partial charge in [0.1, 0.15) is 12.3 Å². The molecule has 26 heavy (non-hydrogen) atoms. The Bertz CT molecular complexity index is 751. The Hall–Kier alpha value is -1.44. The molecule has 1 spiro atoms. The number of aromatic nitrogens is 1. The van der Waals surface area contributed by atoms with Crippen molar-refractivity contribution < 1.29 is 14.3 Å². The van der Waals surface area contributed by atoms with E-state index in [1.165, 1.54) is 6.07 Å². The third-order valence-corrected chi connectivity index (χ3v) is 7.52. The van der Waals surface area contributed by atoms with Crippen molar-refractivity contribution in [3.8, 4) is 0 Å². The highest BCUT2D eigenvalue weighted by atomic mass is 28.3. The van der Waals surface area contributed by atoms with Gasteiger partial charge in [-0.1, -0.05) is 26.6 Å². The Labute approximate surface area is 155 Å². The van der Waals surface area contributed by atoms with Crippen molar-refractivity contribution in [2.75, 3.05) is 26.6 Å². The second kappa shape index (κ2) is 6.62. The molecule has 2 aliphatic rings. The number of carbonyl (C=O) groups is 1. The van der Waals surface area contributed by atoms with E-state index in [4.69, 9.17) is 9.47 Å². The largest absolute Gasteiger partial charge is 0.376 e. The summed E-state index contributed by atoms with van der Waals surface area (Å²) in [5, 5.41) is 0. The molecule has 1 aromatic heterocycles. The number of nitrogens with one attached hydrogen (secondary N) is 1. The van der Waals surface area contributed by atoms with E-state index < -0.39 is 19.0 Å². The fourth-order valence-corrected chi connectivity index (χ4v) is 4.45. The predicted octanol–water partition coefficient (Wildman–Crippen LogP) is 2.42. The summed E-state index contributed by atoms with van der Waals surface area (Å²) in [4.78, 5) is 30.1. The number of nitrogens with zero attached hydrogens (tertiary/aromatic N) is 1. The predicted molar refractivity (Wildman–Crippen MR) is 103 cm³/mol. The molecule has 3 rings (SSSR count). The van der Waals surface area contributed by atoms with Crippen molar-refractivity contribution in [2.24, 2.45) is 0 Å². The van der Waals surface area contributed by atoms with Crippen LogP contribution in [0.15, 0.2) is 16.9 Å². The number of fused-ring (bicyclic) bond motifs is 2. The number of H-pyrrole nitrogens is 1. The molecular weight excluding hydrogens is 348 g/mol. The Kier molecular flexibility index (Phi) is 4.92. The number of ether oxygens (including phenoxy) is 2. The van der Waals surface area contributed by atoms with Crippen LogP contribution >= 0.6 is 0 Å². The smallest absolute Gasteiger partial charge is 0.248 e. The molecule has 2 aliphatic heterocycles. The van der Waals surface area contributed by atoms with E-state index in [0.717, 1.165) is 17.3 Å². The molecule has 6 nitrogen and oxygen atoms in total. The summed E-state index contributed by atoms with van der Waals surface area (Å²) in [6.45, 7) is 12.6. The van der Waals surface area contributed by atoms with Crippen LogP contribution in [0.3, 0.4) is 0 Å². The molecule has 0 aromatic carbocycles. The van der Waals surface area contributed by atoms with Gasteiger partial charge in [-0.2, -0.15) is 0 Å². The van der Waals surface area contributed by atoms with Crippen LogP contribution in [0.2, 0.25) is 25.7 Å². The summed E-state index contributed by atoms with van der Waals surface area (Å²) in [6, 6.07) is 4.45. The molecule has 1 unspecified atom stereocenters. The summed E-state index contributed by atoms with van der Waals surface area (Å²) in [6.07, 6.45) is 0.612. The van der Waals surface area contributed by atoms with Gasteiger partial charge in [-0.05, 0) is 25.5 Å². The number of carbonyl (C=O) groups excluding carboxylic acids is 1. The highest BCUT2D eigenvalue weighted by molar-refractivity contribution is 6.76. The van der Waals surface area contributed by atoms with Gasteiger partial charge in [0.15, 0.2) is 0 Å².